The minimum Gasteiger partial charge on any atom is -0.357 e. The van der Waals surface area contributed by atoms with Crippen molar-refractivity contribution in [3.8, 4) is 0 Å². The Morgan fingerprint density at radius 3 is 2.31 bits per heavy atom. The molecule has 1 atom stereocenters. The maximum Gasteiger partial charge on any atom is 0.265 e. The lowest BCUT2D eigenvalue weighted by molar-refractivity contribution is -0.140. The van der Waals surface area contributed by atoms with E-state index in [9.17, 15) is 18.0 Å². The highest BCUT2D eigenvalue weighted by molar-refractivity contribution is 7.93. The second-order valence-electron chi connectivity index (χ2n) is 8.32. The first kappa shape index (κ1) is 25.3. The Morgan fingerprint density at radius 2 is 1.66 bits per heavy atom. The molecule has 1 aliphatic rings. The molecule has 0 unspecified atom stereocenters. The number of halogens is 2. The van der Waals surface area contributed by atoms with Crippen molar-refractivity contribution in [1.29, 1.82) is 0 Å². The molecule has 1 N–H and O–H groups in total. The van der Waals surface area contributed by atoms with Crippen LogP contribution in [-0.2, 0) is 26.2 Å². The van der Waals surface area contributed by atoms with Crippen LogP contribution in [0.4, 0.5) is 5.69 Å². The molecule has 0 radical (unpaired) electrons. The molecule has 0 fully saturated rings. The first-order chi connectivity index (χ1) is 16.7. The summed E-state index contributed by atoms with van der Waals surface area (Å²) in [5.41, 5.74) is 1.16. The number of nitrogens with zero attached hydrogens (tertiary/aromatic N) is 2. The number of sulfonamides is 1. The normalized spacial score (nSPS) is 14.7. The lowest BCUT2D eigenvalue weighted by Gasteiger charge is -2.29. The van der Waals surface area contributed by atoms with Crippen LogP contribution in [0.5, 0.6) is 0 Å². The van der Waals surface area contributed by atoms with Crippen LogP contribution in [0, 0.1) is 0 Å². The Morgan fingerprint density at radius 1 is 1.03 bits per heavy atom. The number of likely N-dealkylation sites (N-methyl/N-ethyl adjacent to an activating group) is 1. The van der Waals surface area contributed by atoms with Crippen LogP contribution in [0.1, 0.15) is 25.3 Å². The third kappa shape index (κ3) is 4.70. The predicted molar refractivity (Wildman–Crippen MR) is 138 cm³/mol. The highest BCUT2D eigenvalue weighted by Crippen LogP contribution is 2.42. The van der Waals surface area contributed by atoms with Gasteiger partial charge in [-0.15, -0.1) is 0 Å². The van der Waals surface area contributed by atoms with Crippen LogP contribution in [0.2, 0.25) is 10.0 Å². The number of benzene rings is 3. The number of anilines is 1. The van der Waals surface area contributed by atoms with Crippen LogP contribution in [0.15, 0.2) is 59.5 Å². The fraction of sp³-hybridized carbons (Fsp3) is 0.280. The summed E-state index contributed by atoms with van der Waals surface area (Å²) in [4.78, 5) is 27.3. The van der Waals surface area contributed by atoms with Gasteiger partial charge in [-0.3, -0.25) is 13.9 Å². The summed E-state index contributed by atoms with van der Waals surface area (Å²) < 4.78 is 27.7. The molecule has 2 amide bonds. The summed E-state index contributed by atoms with van der Waals surface area (Å²) in [5.74, 6) is -0.629. The van der Waals surface area contributed by atoms with E-state index in [1.165, 1.54) is 16.3 Å². The number of hydrogen-bond donors (Lipinski definition) is 1. The number of amides is 2. The van der Waals surface area contributed by atoms with Gasteiger partial charge in [0.1, 0.15) is 6.04 Å². The molecule has 0 saturated carbocycles. The lowest BCUT2D eigenvalue weighted by Crippen LogP contribution is -2.47. The third-order valence-electron chi connectivity index (χ3n) is 6.24. The number of carbonyl (C=O) groups excluding carboxylic acids is 2. The molecule has 0 aliphatic carbocycles. The summed E-state index contributed by atoms with van der Waals surface area (Å²) in [6.45, 7) is 1.82. The summed E-state index contributed by atoms with van der Waals surface area (Å²) >= 11 is 12.6. The van der Waals surface area contributed by atoms with Gasteiger partial charge in [-0.2, -0.15) is 0 Å². The molecule has 1 heterocycles. The zero-order valence-corrected chi connectivity index (χ0v) is 21.6. The Labute approximate surface area is 214 Å². The van der Waals surface area contributed by atoms with E-state index in [1.54, 1.807) is 43.3 Å². The van der Waals surface area contributed by atoms with Crippen LogP contribution in [0.25, 0.3) is 10.8 Å². The van der Waals surface area contributed by atoms with Crippen molar-refractivity contribution in [3.63, 3.8) is 0 Å². The molecule has 35 heavy (non-hydrogen) atoms. The zero-order chi connectivity index (χ0) is 25.3. The van der Waals surface area contributed by atoms with Gasteiger partial charge in [-0.25, -0.2) is 8.42 Å². The van der Waals surface area contributed by atoms with Gasteiger partial charge in [0, 0.05) is 47.6 Å². The van der Waals surface area contributed by atoms with Crippen molar-refractivity contribution < 1.29 is 18.0 Å². The predicted octanol–water partition coefficient (Wildman–Crippen LogP) is 4.60. The molecule has 0 spiro atoms. The summed E-state index contributed by atoms with van der Waals surface area (Å²) in [6, 6.07) is 15.0. The molecular formula is C25H25Cl2N3O4S. The van der Waals surface area contributed by atoms with Gasteiger partial charge in [0.2, 0.25) is 11.8 Å². The number of hydrogen-bond acceptors (Lipinski definition) is 4. The van der Waals surface area contributed by atoms with Crippen molar-refractivity contribution in [2.75, 3.05) is 17.9 Å². The van der Waals surface area contributed by atoms with Crippen LogP contribution >= 0.6 is 23.2 Å². The Kier molecular flexibility index (Phi) is 7.26. The van der Waals surface area contributed by atoms with Crippen LogP contribution < -0.4 is 9.62 Å². The van der Waals surface area contributed by atoms with Gasteiger partial charge < -0.3 is 10.2 Å². The van der Waals surface area contributed by atoms with E-state index in [-0.39, 0.29) is 42.6 Å². The first-order valence-electron chi connectivity index (χ1n) is 11.1. The van der Waals surface area contributed by atoms with Gasteiger partial charge in [0.05, 0.1) is 10.6 Å². The second kappa shape index (κ2) is 10.0. The SMILES string of the molecule is CNC(=O)[C@H](C)N(Cc1c(Cl)cccc1Cl)C(=O)CCCN1c2cccc3cccc(c23)S1(=O)=O. The number of carbonyl (C=O) groups is 2. The van der Waals surface area contributed by atoms with Crippen molar-refractivity contribution >= 4 is 61.5 Å². The minimum absolute atomic E-state index is 0.0434. The highest BCUT2D eigenvalue weighted by atomic mass is 35.5. The quantitative estimate of drug-likeness (QED) is 0.458. The lowest BCUT2D eigenvalue weighted by atomic mass is 10.1. The van der Waals surface area contributed by atoms with Gasteiger partial charge in [-0.05, 0) is 43.0 Å². The largest absolute Gasteiger partial charge is 0.357 e. The maximum atomic E-state index is 13.3. The Balaban J connectivity index is 1.52. The first-order valence-corrected chi connectivity index (χ1v) is 13.3. The number of rotatable bonds is 8. The molecule has 0 bridgehead atoms. The fourth-order valence-electron chi connectivity index (χ4n) is 4.36. The van der Waals surface area contributed by atoms with Gasteiger partial charge in [0.15, 0.2) is 0 Å². The van der Waals surface area contributed by atoms with E-state index < -0.39 is 16.1 Å². The molecule has 4 rings (SSSR count). The van der Waals surface area contributed by atoms with Crippen molar-refractivity contribution in [1.82, 2.24) is 10.2 Å². The zero-order valence-electron chi connectivity index (χ0n) is 19.3. The maximum absolute atomic E-state index is 13.3. The van der Waals surface area contributed by atoms with E-state index in [2.05, 4.69) is 5.32 Å². The third-order valence-corrected chi connectivity index (χ3v) is 8.80. The monoisotopic (exact) mass is 533 g/mol. The minimum atomic E-state index is -3.70. The van der Waals surface area contributed by atoms with Crippen LogP contribution in [-0.4, -0.2) is 44.8 Å². The fourth-order valence-corrected chi connectivity index (χ4v) is 6.63. The summed E-state index contributed by atoms with van der Waals surface area (Å²) in [5, 5.41) is 4.90. The summed E-state index contributed by atoms with van der Waals surface area (Å²) in [6.07, 6.45) is 0.317. The topological polar surface area (TPSA) is 86.8 Å². The van der Waals surface area contributed by atoms with E-state index in [0.717, 1.165) is 5.39 Å². The van der Waals surface area contributed by atoms with Gasteiger partial charge in [-0.1, -0.05) is 53.5 Å². The molecule has 3 aromatic rings. The molecule has 0 aromatic heterocycles. The molecule has 7 nitrogen and oxygen atoms in total. The highest BCUT2D eigenvalue weighted by Gasteiger charge is 2.35. The average Bonchev–Trinajstić information content (AvgIpc) is 3.06. The Bertz CT molecular complexity index is 1390. The van der Waals surface area contributed by atoms with Crippen LogP contribution in [0.3, 0.4) is 0 Å². The van der Waals surface area contributed by atoms with Crippen molar-refractivity contribution in [3.05, 3.63) is 70.2 Å². The standard InChI is InChI=1S/C25H25Cl2N3O4S/c1-16(25(32)28-2)29(15-18-19(26)9-5-10-20(18)27)23(31)13-6-14-30-21-11-3-7-17-8-4-12-22(24(17)21)35(30,33)34/h3-5,7-12,16H,6,13-15H2,1-2H3,(H,28,32)/t16-/m0/s1. The molecule has 184 valence electrons. The van der Waals surface area contributed by atoms with Gasteiger partial charge in [0.25, 0.3) is 10.0 Å². The summed E-state index contributed by atoms with van der Waals surface area (Å²) in [7, 11) is -2.20. The molecule has 3 aromatic carbocycles. The average molecular weight is 534 g/mol. The smallest absolute Gasteiger partial charge is 0.265 e. The molecule has 0 saturated heterocycles. The van der Waals surface area contributed by atoms with Crippen molar-refractivity contribution in [2.45, 2.75) is 37.2 Å². The van der Waals surface area contributed by atoms with Crippen molar-refractivity contribution in [2.24, 2.45) is 0 Å². The Hall–Kier alpha value is -2.81. The molecule has 10 heteroatoms. The van der Waals surface area contributed by atoms with E-state index in [0.29, 0.717) is 26.7 Å². The second-order valence-corrected chi connectivity index (χ2v) is 11.0. The van der Waals surface area contributed by atoms with E-state index in [4.69, 9.17) is 23.2 Å². The van der Waals surface area contributed by atoms with E-state index in [1.807, 2.05) is 18.2 Å². The van der Waals surface area contributed by atoms with Gasteiger partial charge >= 0.3 is 0 Å². The van der Waals surface area contributed by atoms with E-state index >= 15 is 0 Å². The molecule has 1 aliphatic heterocycles. The number of nitrogens with one attached hydrogen (secondary N) is 1. The molecular weight excluding hydrogens is 509 g/mol.